The van der Waals surface area contributed by atoms with Crippen molar-refractivity contribution in [1.29, 1.82) is 0 Å². The Kier molecular flexibility index (Phi) is 3.79. The highest BCUT2D eigenvalue weighted by atomic mass is 15.3. The average molecular weight is 197 g/mol. The fourth-order valence-corrected chi connectivity index (χ4v) is 2.50. The number of hydrogen-bond donors (Lipinski definition) is 1. The molecule has 2 aliphatic rings. The zero-order valence-electron chi connectivity index (χ0n) is 9.34. The monoisotopic (exact) mass is 197 g/mol. The van der Waals surface area contributed by atoms with Crippen LogP contribution in [0.2, 0.25) is 0 Å². The summed E-state index contributed by atoms with van der Waals surface area (Å²) in [6, 6.07) is 0.811. The maximum atomic E-state index is 3.55. The van der Waals surface area contributed by atoms with Crippen molar-refractivity contribution in [3.05, 3.63) is 0 Å². The molecular formula is C11H23N3. The Bertz CT molecular complexity index is 156. The average Bonchev–Trinajstić information content (AvgIpc) is 2.47. The quantitative estimate of drug-likeness (QED) is 0.655. The first kappa shape index (κ1) is 10.4. The molecule has 0 radical (unpaired) electrons. The van der Waals surface area contributed by atoms with Gasteiger partial charge in [-0.05, 0) is 26.4 Å². The lowest BCUT2D eigenvalue weighted by Crippen LogP contribution is -2.51. The van der Waals surface area contributed by atoms with Gasteiger partial charge in [0, 0.05) is 38.8 Å². The minimum absolute atomic E-state index is 0.811. The molecule has 0 amide bonds. The van der Waals surface area contributed by atoms with Crippen LogP contribution in [0.15, 0.2) is 0 Å². The van der Waals surface area contributed by atoms with Crippen LogP contribution < -0.4 is 5.32 Å². The van der Waals surface area contributed by atoms with Gasteiger partial charge in [-0.1, -0.05) is 6.42 Å². The van der Waals surface area contributed by atoms with Crippen molar-refractivity contribution in [2.24, 2.45) is 0 Å². The highest BCUT2D eigenvalue weighted by Gasteiger charge is 2.22. The molecule has 3 nitrogen and oxygen atoms in total. The lowest BCUT2D eigenvalue weighted by molar-refractivity contribution is 0.108. The van der Waals surface area contributed by atoms with Crippen LogP contribution in [-0.4, -0.2) is 62.2 Å². The lowest BCUT2D eigenvalue weighted by Gasteiger charge is -2.37. The molecule has 2 heterocycles. The highest BCUT2D eigenvalue weighted by Crippen LogP contribution is 2.13. The van der Waals surface area contributed by atoms with Gasteiger partial charge < -0.3 is 10.2 Å². The summed E-state index contributed by atoms with van der Waals surface area (Å²) in [5.74, 6) is 0. The first-order valence-electron chi connectivity index (χ1n) is 5.99. The third-order valence-electron chi connectivity index (χ3n) is 3.58. The van der Waals surface area contributed by atoms with E-state index in [2.05, 4.69) is 22.2 Å². The van der Waals surface area contributed by atoms with Crippen molar-refractivity contribution in [3.63, 3.8) is 0 Å². The van der Waals surface area contributed by atoms with Gasteiger partial charge in [0.15, 0.2) is 0 Å². The molecule has 0 saturated carbocycles. The molecule has 2 fully saturated rings. The van der Waals surface area contributed by atoms with Gasteiger partial charge in [-0.15, -0.1) is 0 Å². The van der Waals surface area contributed by atoms with E-state index in [4.69, 9.17) is 0 Å². The van der Waals surface area contributed by atoms with Crippen molar-refractivity contribution < 1.29 is 0 Å². The molecule has 1 N–H and O–H groups in total. The molecule has 0 aromatic carbocycles. The predicted molar refractivity (Wildman–Crippen MR) is 59.6 cm³/mol. The Morgan fingerprint density at radius 3 is 2.64 bits per heavy atom. The highest BCUT2D eigenvalue weighted by molar-refractivity contribution is 4.80. The van der Waals surface area contributed by atoms with Crippen molar-refractivity contribution in [3.8, 4) is 0 Å². The fraction of sp³-hybridized carbons (Fsp3) is 1.00. The molecule has 82 valence electrons. The molecule has 0 unspecified atom stereocenters. The third kappa shape index (κ3) is 2.69. The molecule has 1 atom stereocenters. The first-order valence-corrected chi connectivity index (χ1v) is 5.99. The number of nitrogens with zero attached hydrogens (tertiary/aromatic N) is 2. The number of hydrogen-bond acceptors (Lipinski definition) is 3. The van der Waals surface area contributed by atoms with Crippen LogP contribution in [0.4, 0.5) is 0 Å². The molecule has 0 aromatic heterocycles. The van der Waals surface area contributed by atoms with E-state index in [-0.39, 0.29) is 0 Å². The standard InChI is InChI=1S/C11H23N3/c1-13-6-8-14(9-7-13)11-4-2-3-5-12-10-11/h11-12H,2-10H2,1H3/t11-/m0/s1. The van der Waals surface area contributed by atoms with Gasteiger partial charge in [-0.25, -0.2) is 0 Å². The molecule has 14 heavy (non-hydrogen) atoms. The molecule has 3 heteroatoms. The predicted octanol–water partition coefficient (Wildman–Crippen LogP) is 0.376. The molecular weight excluding hydrogens is 174 g/mol. The molecule has 0 aromatic rings. The van der Waals surface area contributed by atoms with E-state index < -0.39 is 0 Å². The van der Waals surface area contributed by atoms with Crippen LogP contribution >= 0.6 is 0 Å². The zero-order valence-corrected chi connectivity index (χ0v) is 9.34. The van der Waals surface area contributed by atoms with Crippen molar-refractivity contribution >= 4 is 0 Å². The fourth-order valence-electron chi connectivity index (χ4n) is 2.50. The summed E-state index contributed by atoms with van der Waals surface area (Å²) in [5, 5.41) is 3.55. The van der Waals surface area contributed by atoms with Crippen LogP contribution in [0.25, 0.3) is 0 Å². The second-order valence-corrected chi connectivity index (χ2v) is 4.69. The molecule has 0 spiro atoms. The Morgan fingerprint density at radius 1 is 1.07 bits per heavy atom. The van der Waals surface area contributed by atoms with Gasteiger partial charge in [0.2, 0.25) is 0 Å². The van der Waals surface area contributed by atoms with E-state index in [9.17, 15) is 0 Å². The SMILES string of the molecule is CN1CCN([C@H]2CCCCNC2)CC1. The van der Waals surface area contributed by atoms with Gasteiger partial charge >= 0.3 is 0 Å². The van der Waals surface area contributed by atoms with E-state index in [0.717, 1.165) is 6.04 Å². The summed E-state index contributed by atoms with van der Waals surface area (Å²) in [6.07, 6.45) is 4.17. The number of rotatable bonds is 1. The molecule has 2 aliphatic heterocycles. The summed E-state index contributed by atoms with van der Waals surface area (Å²) in [5.41, 5.74) is 0. The molecule has 2 rings (SSSR count). The lowest BCUT2D eigenvalue weighted by atomic mass is 10.1. The summed E-state index contributed by atoms with van der Waals surface area (Å²) in [6.45, 7) is 7.46. The second-order valence-electron chi connectivity index (χ2n) is 4.69. The number of likely N-dealkylation sites (N-methyl/N-ethyl adjacent to an activating group) is 1. The summed E-state index contributed by atoms with van der Waals surface area (Å²) in [4.78, 5) is 5.11. The number of piperazine rings is 1. The Balaban J connectivity index is 1.81. The normalized spacial score (nSPS) is 32.8. The van der Waals surface area contributed by atoms with E-state index in [0.29, 0.717) is 0 Å². The molecule has 0 bridgehead atoms. The van der Waals surface area contributed by atoms with E-state index >= 15 is 0 Å². The third-order valence-corrected chi connectivity index (χ3v) is 3.58. The summed E-state index contributed by atoms with van der Waals surface area (Å²) >= 11 is 0. The van der Waals surface area contributed by atoms with Crippen LogP contribution in [0.5, 0.6) is 0 Å². The minimum atomic E-state index is 0.811. The Labute approximate surface area is 87.4 Å². The van der Waals surface area contributed by atoms with Gasteiger partial charge in [0.25, 0.3) is 0 Å². The minimum Gasteiger partial charge on any atom is -0.315 e. The zero-order chi connectivity index (χ0) is 9.80. The molecule has 2 saturated heterocycles. The van der Waals surface area contributed by atoms with E-state index in [1.165, 1.54) is 58.5 Å². The van der Waals surface area contributed by atoms with Gasteiger partial charge in [-0.2, -0.15) is 0 Å². The van der Waals surface area contributed by atoms with Gasteiger partial charge in [0.05, 0.1) is 0 Å². The first-order chi connectivity index (χ1) is 6.86. The second kappa shape index (κ2) is 5.10. The molecule has 0 aliphatic carbocycles. The van der Waals surface area contributed by atoms with Crippen molar-refractivity contribution in [1.82, 2.24) is 15.1 Å². The maximum Gasteiger partial charge on any atom is 0.0221 e. The summed E-state index contributed by atoms with van der Waals surface area (Å²) in [7, 11) is 2.22. The Morgan fingerprint density at radius 2 is 1.86 bits per heavy atom. The van der Waals surface area contributed by atoms with Crippen LogP contribution in [-0.2, 0) is 0 Å². The summed E-state index contributed by atoms with van der Waals surface area (Å²) < 4.78 is 0. The van der Waals surface area contributed by atoms with E-state index in [1.54, 1.807) is 0 Å². The van der Waals surface area contributed by atoms with Crippen LogP contribution in [0.1, 0.15) is 19.3 Å². The van der Waals surface area contributed by atoms with E-state index in [1.807, 2.05) is 0 Å². The number of nitrogens with one attached hydrogen (secondary N) is 1. The van der Waals surface area contributed by atoms with Crippen LogP contribution in [0, 0.1) is 0 Å². The Hall–Kier alpha value is -0.120. The van der Waals surface area contributed by atoms with Gasteiger partial charge in [0.1, 0.15) is 0 Å². The van der Waals surface area contributed by atoms with Gasteiger partial charge in [-0.3, -0.25) is 4.90 Å². The van der Waals surface area contributed by atoms with Crippen molar-refractivity contribution in [2.75, 3.05) is 46.3 Å². The maximum absolute atomic E-state index is 3.55. The van der Waals surface area contributed by atoms with Crippen molar-refractivity contribution in [2.45, 2.75) is 25.3 Å². The topological polar surface area (TPSA) is 18.5 Å². The largest absolute Gasteiger partial charge is 0.315 e. The smallest absolute Gasteiger partial charge is 0.0221 e. The van der Waals surface area contributed by atoms with Crippen LogP contribution in [0.3, 0.4) is 0 Å².